The monoisotopic (exact) mass is 429 g/mol. The van der Waals surface area contributed by atoms with E-state index in [0.717, 1.165) is 45.4 Å². The maximum atomic E-state index is 13.3. The van der Waals surface area contributed by atoms with E-state index in [1.807, 2.05) is 4.90 Å². The van der Waals surface area contributed by atoms with Crippen molar-refractivity contribution in [2.75, 3.05) is 31.5 Å². The van der Waals surface area contributed by atoms with Gasteiger partial charge in [-0.25, -0.2) is 4.98 Å². The van der Waals surface area contributed by atoms with Crippen molar-refractivity contribution in [1.82, 2.24) is 19.4 Å². The van der Waals surface area contributed by atoms with Gasteiger partial charge in [-0.1, -0.05) is 0 Å². The lowest BCUT2D eigenvalue weighted by Gasteiger charge is -2.38. The number of nitrogens with zero attached hydrogens (tertiary/aromatic N) is 4. The van der Waals surface area contributed by atoms with Crippen molar-refractivity contribution in [2.24, 2.45) is 0 Å². The van der Waals surface area contributed by atoms with E-state index >= 15 is 0 Å². The molecule has 2 aromatic rings. The molecule has 1 unspecified atom stereocenters. The number of anilines is 1. The molecule has 0 spiro atoms. The van der Waals surface area contributed by atoms with Gasteiger partial charge < -0.3 is 19.7 Å². The van der Waals surface area contributed by atoms with Gasteiger partial charge in [-0.15, -0.1) is 11.3 Å². The first-order valence-corrected chi connectivity index (χ1v) is 11.4. The third-order valence-corrected chi connectivity index (χ3v) is 6.47. The fraction of sp³-hybridized carbons (Fsp3) is 0.524. The van der Waals surface area contributed by atoms with Crippen LogP contribution in [-0.2, 0) is 11.3 Å². The number of hydrogen-bond acceptors (Lipinski definition) is 6. The standard InChI is InChI=1S/C21H27N5O3S/c27-18(23-21-22-8-12-30-21)15-25-13-16(6-7-19(25)28)20(29)26-11-2-1-5-17(26)14-24-9-3-4-10-24/h6-8,12-13,17H,1-5,9-11,14-15H2,(H,22,23,27). The molecule has 0 aliphatic carbocycles. The van der Waals surface area contributed by atoms with Gasteiger partial charge >= 0.3 is 0 Å². The lowest BCUT2D eigenvalue weighted by atomic mass is 10.0. The summed E-state index contributed by atoms with van der Waals surface area (Å²) in [6, 6.07) is 3.14. The van der Waals surface area contributed by atoms with Crippen LogP contribution in [0.25, 0.3) is 0 Å². The number of aromatic nitrogens is 2. The summed E-state index contributed by atoms with van der Waals surface area (Å²) in [6.07, 6.45) is 8.72. The Labute approximate surface area is 179 Å². The van der Waals surface area contributed by atoms with Gasteiger partial charge in [0.15, 0.2) is 5.13 Å². The molecule has 2 aliphatic rings. The van der Waals surface area contributed by atoms with Crippen molar-refractivity contribution in [1.29, 1.82) is 0 Å². The van der Waals surface area contributed by atoms with E-state index < -0.39 is 0 Å². The molecule has 4 heterocycles. The Morgan fingerprint density at radius 3 is 2.70 bits per heavy atom. The lowest BCUT2D eigenvalue weighted by Crippen LogP contribution is -2.49. The van der Waals surface area contributed by atoms with Crippen molar-refractivity contribution in [3.8, 4) is 0 Å². The fourth-order valence-electron chi connectivity index (χ4n) is 4.27. The summed E-state index contributed by atoms with van der Waals surface area (Å²) in [4.78, 5) is 46.2. The molecule has 2 fully saturated rings. The predicted octanol–water partition coefficient (Wildman–Crippen LogP) is 2.03. The average Bonchev–Trinajstić information content (AvgIpc) is 3.44. The van der Waals surface area contributed by atoms with Gasteiger partial charge in [0.05, 0.1) is 5.56 Å². The van der Waals surface area contributed by atoms with E-state index in [0.29, 0.717) is 10.7 Å². The number of carbonyl (C=O) groups is 2. The van der Waals surface area contributed by atoms with Gasteiger partial charge in [0.1, 0.15) is 6.54 Å². The summed E-state index contributed by atoms with van der Waals surface area (Å²) in [5, 5.41) is 4.91. The van der Waals surface area contributed by atoms with Crippen molar-refractivity contribution in [3.05, 3.63) is 45.8 Å². The van der Waals surface area contributed by atoms with E-state index in [-0.39, 0.29) is 30.0 Å². The molecule has 9 heteroatoms. The zero-order chi connectivity index (χ0) is 20.9. The van der Waals surface area contributed by atoms with Gasteiger partial charge in [-0.3, -0.25) is 14.4 Å². The third-order valence-electron chi connectivity index (χ3n) is 5.78. The van der Waals surface area contributed by atoms with Crippen LogP contribution in [0, 0.1) is 0 Å². The minimum absolute atomic E-state index is 0.0621. The van der Waals surface area contributed by atoms with Crippen molar-refractivity contribution in [3.63, 3.8) is 0 Å². The summed E-state index contributed by atoms with van der Waals surface area (Å²) in [7, 11) is 0. The highest BCUT2D eigenvalue weighted by atomic mass is 32.1. The van der Waals surface area contributed by atoms with Gasteiger partial charge in [0.25, 0.3) is 11.5 Å². The van der Waals surface area contributed by atoms with E-state index in [4.69, 9.17) is 0 Å². The van der Waals surface area contributed by atoms with Crippen molar-refractivity contribution < 1.29 is 9.59 Å². The zero-order valence-electron chi connectivity index (χ0n) is 17.0. The SMILES string of the molecule is O=C(Cn1cc(C(=O)N2CCCCC2CN2CCCC2)ccc1=O)Nc1nccs1. The van der Waals surface area contributed by atoms with Gasteiger partial charge in [-0.05, 0) is 51.3 Å². The molecule has 30 heavy (non-hydrogen) atoms. The van der Waals surface area contributed by atoms with Crippen LogP contribution in [0.1, 0.15) is 42.5 Å². The summed E-state index contributed by atoms with van der Waals surface area (Å²) >= 11 is 1.31. The number of likely N-dealkylation sites (tertiary alicyclic amines) is 2. The molecule has 0 aromatic carbocycles. The minimum atomic E-state index is -0.346. The molecule has 1 N–H and O–H groups in total. The smallest absolute Gasteiger partial charge is 0.255 e. The highest BCUT2D eigenvalue weighted by Gasteiger charge is 2.30. The molecule has 2 amide bonds. The predicted molar refractivity (Wildman–Crippen MR) is 116 cm³/mol. The number of nitrogens with one attached hydrogen (secondary N) is 1. The Morgan fingerprint density at radius 1 is 1.13 bits per heavy atom. The van der Waals surface area contributed by atoms with Crippen LogP contribution in [0.2, 0.25) is 0 Å². The number of hydrogen-bond donors (Lipinski definition) is 1. The lowest BCUT2D eigenvalue weighted by molar-refractivity contribution is -0.116. The summed E-state index contributed by atoms with van der Waals surface area (Å²) in [5.41, 5.74) is 0.137. The minimum Gasteiger partial charge on any atom is -0.334 e. The molecule has 160 valence electrons. The van der Waals surface area contributed by atoms with Crippen LogP contribution < -0.4 is 10.9 Å². The van der Waals surface area contributed by atoms with Crippen LogP contribution in [-0.4, -0.2) is 63.4 Å². The van der Waals surface area contributed by atoms with Crippen LogP contribution in [0.5, 0.6) is 0 Å². The Kier molecular flexibility index (Phi) is 6.59. The quantitative estimate of drug-likeness (QED) is 0.759. The second-order valence-corrected chi connectivity index (χ2v) is 8.82. The molecule has 0 saturated carbocycles. The molecule has 4 rings (SSSR count). The zero-order valence-corrected chi connectivity index (χ0v) is 17.8. The molecule has 0 bridgehead atoms. The third kappa shape index (κ3) is 4.96. The molecule has 1 atom stereocenters. The topological polar surface area (TPSA) is 87.5 Å². The number of thiazole rings is 1. The molecule has 0 radical (unpaired) electrons. The molecule has 2 aromatic heterocycles. The summed E-state index contributed by atoms with van der Waals surface area (Å²) in [5.74, 6) is -0.408. The van der Waals surface area contributed by atoms with Crippen LogP contribution in [0.4, 0.5) is 5.13 Å². The first kappa shape index (κ1) is 20.7. The fourth-order valence-corrected chi connectivity index (χ4v) is 4.81. The number of rotatable bonds is 6. The van der Waals surface area contributed by atoms with Gasteiger partial charge in [-0.2, -0.15) is 0 Å². The maximum absolute atomic E-state index is 13.3. The first-order chi connectivity index (χ1) is 14.6. The average molecular weight is 430 g/mol. The van der Waals surface area contributed by atoms with Gasteiger partial charge in [0.2, 0.25) is 5.91 Å². The Hall–Kier alpha value is -2.52. The van der Waals surface area contributed by atoms with E-state index in [1.165, 1.54) is 41.0 Å². The summed E-state index contributed by atoms with van der Waals surface area (Å²) < 4.78 is 1.29. The van der Waals surface area contributed by atoms with E-state index in [2.05, 4.69) is 15.2 Å². The van der Waals surface area contributed by atoms with Crippen molar-refractivity contribution in [2.45, 2.75) is 44.7 Å². The second-order valence-electron chi connectivity index (χ2n) is 7.93. The number of amides is 2. The molecule has 8 nitrogen and oxygen atoms in total. The molecular weight excluding hydrogens is 402 g/mol. The number of carbonyl (C=O) groups excluding carboxylic acids is 2. The molecule has 2 saturated heterocycles. The molecule has 2 aliphatic heterocycles. The normalized spacial score (nSPS) is 19.7. The second kappa shape index (κ2) is 9.53. The largest absolute Gasteiger partial charge is 0.334 e. The Bertz CT molecular complexity index is 936. The number of pyridine rings is 1. The van der Waals surface area contributed by atoms with Crippen LogP contribution in [0.15, 0.2) is 34.7 Å². The number of piperidine rings is 1. The van der Waals surface area contributed by atoms with Crippen LogP contribution >= 0.6 is 11.3 Å². The Morgan fingerprint density at radius 2 is 1.93 bits per heavy atom. The van der Waals surface area contributed by atoms with Gasteiger partial charge in [0, 0.05) is 43.0 Å². The first-order valence-electron chi connectivity index (χ1n) is 10.5. The van der Waals surface area contributed by atoms with Crippen molar-refractivity contribution >= 4 is 28.3 Å². The Balaban J connectivity index is 1.46. The maximum Gasteiger partial charge on any atom is 0.255 e. The summed E-state index contributed by atoms with van der Waals surface area (Å²) in [6.45, 7) is 3.72. The highest BCUT2D eigenvalue weighted by Crippen LogP contribution is 2.22. The highest BCUT2D eigenvalue weighted by molar-refractivity contribution is 7.13. The van der Waals surface area contributed by atoms with E-state index in [1.54, 1.807) is 17.6 Å². The molecular formula is C21H27N5O3S. The van der Waals surface area contributed by atoms with Crippen LogP contribution in [0.3, 0.4) is 0 Å². The van der Waals surface area contributed by atoms with E-state index in [9.17, 15) is 14.4 Å².